The number of unbranched alkanes of at least 4 members (excludes halogenated alkanes) is 52. The van der Waals surface area contributed by atoms with Crippen LogP contribution in [0, 0.1) is 0 Å². The van der Waals surface area contributed by atoms with E-state index in [2.05, 4.69) is 45.1 Å². The number of esters is 3. The molecule has 0 amide bonds. The summed E-state index contributed by atoms with van der Waals surface area (Å²) in [7, 11) is 0. The second kappa shape index (κ2) is 68.4. The summed E-state index contributed by atoms with van der Waals surface area (Å²) in [6.07, 6.45) is 83.5. The Labute approximate surface area is 493 Å². The van der Waals surface area contributed by atoms with Crippen molar-refractivity contribution in [1.29, 1.82) is 0 Å². The van der Waals surface area contributed by atoms with Gasteiger partial charge in [0.05, 0.1) is 0 Å². The van der Waals surface area contributed by atoms with Crippen LogP contribution in [0.1, 0.15) is 406 Å². The van der Waals surface area contributed by atoms with E-state index in [0.29, 0.717) is 19.3 Å². The van der Waals surface area contributed by atoms with E-state index >= 15 is 0 Å². The third kappa shape index (κ3) is 66.6. The highest BCUT2D eigenvalue weighted by molar-refractivity contribution is 5.71. The van der Waals surface area contributed by atoms with Crippen molar-refractivity contribution >= 4 is 17.9 Å². The molecule has 0 aliphatic rings. The molecule has 0 saturated carbocycles. The lowest BCUT2D eigenvalue weighted by Crippen LogP contribution is -2.30. The van der Waals surface area contributed by atoms with Crippen LogP contribution >= 0.6 is 0 Å². The molecule has 0 N–H and O–H groups in total. The molecule has 1 atom stereocenters. The summed E-state index contributed by atoms with van der Waals surface area (Å²) in [5.74, 6) is -0.840. The molecular formula is C73H138O6. The molecule has 6 nitrogen and oxygen atoms in total. The van der Waals surface area contributed by atoms with Gasteiger partial charge in [0, 0.05) is 19.3 Å². The zero-order valence-electron chi connectivity index (χ0n) is 53.7. The predicted molar refractivity (Wildman–Crippen MR) is 344 cm³/mol. The molecule has 0 aromatic carbocycles. The maximum atomic E-state index is 13.0. The Bertz CT molecular complexity index is 1270. The minimum absolute atomic E-state index is 0.0670. The first kappa shape index (κ1) is 76.9. The topological polar surface area (TPSA) is 78.9 Å². The van der Waals surface area contributed by atoms with Crippen LogP contribution in [-0.4, -0.2) is 37.2 Å². The lowest BCUT2D eigenvalue weighted by Gasteiger charge is -2.18. The molecule has 6 heteroatoms. The summed E-state index contributed by atoms with van der Waals surface area (Å²) < 4.78 is 17.0. The zero-order valence-corrected chi connectivity index (χ0v) is 53.7. The van der Waals surface area contributed by atoms with E-state index in [1.165, 1.54) is 295 Å². The lowest BCUT2D eigenvalue weighted by molar-refractivity contribution is -0.167. The Balaban J connectivity index is 4.29. The van der Waals surface area contributed by atoms with Crippen molar-refractivity contribution in [3.8, 4) is 0 Å². The van der Waals surface area contributed by atoms with Crippen LogP contribution in [0.3, 0.4) is 0 Å². The molecule has 466 valence electrons. The average Bonchev–Trinajstić information content (AvgIpc) is 3.45. The molecule has 0 rings (SSSR count). The standard InChI is InChI=1S/C73H138O6/c1-4-7-10-13-16-19-22-25-28-31-34-36-37-38-40-42-45-48-51-54-57-60-63-66-72(75)78-69-70(68-77-71(74)65-62-59-56-53-50-47-44-41-33-30-27-24-21-18-15-12-9-6-3)79-73(76)67-64-61-58-55-52-49-46-43-39-35-32-29-26-23-20-17-14-11-8-5-2/h21,24,30,33,70H,4-20,22-23,25-29,31-32,34-69H2,1-3H3/b24-21-,33-30-. The van der Waals surface area contributed by atoms with Gasteiger partial charge < -0.3 is 14.2 Å². The van der Waals surface area contributed by atoms with Crippen molar-refractivity contribution in [2.45, 2.75) is 412 Å². The van der Waals surface area contributed by atoms with Crippen LogP contribution < -0.4 is 0 Å². The second-order valence-electron chi connectivity index (χ2n) is 24.5. The molecule has 0 bridgehead atoms. The van der Waals surface area contributed by atoms with Gasteiger partial charge in [0.25, 0.3) is 0 Å². The van der Waals surface area contributed by atoms with E-state index in [1.54, 1.807) is 0 Å². The van der Waals surface area contributed by atoms with Crippen molar-refractivity contribution in [3.05, 3.63) is 24.3 Å². The van der Waals surface area contributed by atoms with E-state index in [4.69, 9.17) is 14.2 Å². The minimum atomic E-state index is -0.772. The predicted octanol–water partition coefficient (Wildman–Crippen LogP) is 24.6. The third-order valence-electron chi connectivity index (χ3n) is 16.5. The molecule has 1 unspecified atom stereocenters. The summed E-state index contributed by atoms with van der Waals surface area (Å²) in [6, 6.07) is 0. The third-order valence-corrected chi connectivity index (χ3v) is 16.5. The molecule has 0 fully saturated rings. The van der Waals surface area contributed by atoms with Gasteiger partial charge in [-0.05, 0) is 51.4 Å². The summed E-state index contributed by atoms with van der Waals surface area (Å²) in [6.45, 7) is 6.71. The molecular weight excluding hydrogens is 973 g/mol. The van der Waals surface area contributed by atoms with Crippen LogP contribution in [0.25, 0.3) is 0 Å². The molecule has 0 spiro atoms. The van der Waals surface area contributed by atoms with Crippen LogP contribution in [-0.2, 0) is 28.6 Å². The average molecular weight is 1110 g/mol. The number of hydrogen-bond donors (Lipinski definition) is 0. The molecule has 0 heterocycles. The first-order valence-corrected chi connectivity index (χ1v) is 35.8. The van der Waals surface area contributed by atoms with Crippen LogP contribution in [0.4, 0.5) is 0 Å². The first-order chi connectivity index (χ1) is 39.0. The highest BCUT2D eigenvalue weighted by Crippen LogP contribution is 2.19. The molecule has 0 aromatic heterocycles. The normalized spacial score (nSPS) is 12.1. The van der Waals surface area contributed by atoms with E-state index in [0.717, 1.165) is 70.6 Å². The summed E-state index contributed by atoms with van der Waals surface area (Å²) in [5, 5.41) is 0. The second-order valence-corrected chi connectivity index (χ2v) is 24.5. The highest BCUT2D eigenvalue weighted by Gasteiger charge is 2.19. The summed E-state index contributed by atoms with van der Waals surface area (Å²) >= 11 is 0. The van der Waals surface area contributed by atoms with E-state index in [-0.39, 0.29) is 31.1 Å². The Morgan fingerprint density at radius 2 is 0.456 bits per heavy atom. The number of ether oxygens (including phenoxy) is 3. The zero-order chi connectivity index (χ0) is 57.1. The number of carbonyl (C=O) groups excluding carboxylic acids is 3. The lowest BCUT2D eigenvalue weighted by atomic mass is 10.0. The van der Waals surface area contributed by atoms with Gasteiger partial charge in [-0.1, -0.05) is 360 Å². The minimum Gasteiger partial charge on any atom is -0.462 e. The van der Waals surface area contributed by atoms with Crippen LogP contribution in [0.2, 0.25) is 0 Å². The van der Waals surface area contributed by atoms with Gasteiger partial charge in [0.15, 0.2) is 6.10 Å². The molecule has 0 aliphatic heterocycles. The van der Waals surface area contributed by atoms with Crippen molar-refractivity contribution < 1.29 is 28.6 Å². The van der Waals surface area contributed by atoms with Crippen LogP contribution in [0.15, 0.2) is 24.3 Å². The van der Waals surface area contributed by atoms with Crippen molar-refractivity contribution in [2.75, 3.05) is 13.2 Å². The quantitative estimate of drug-likeness (QED) is 0.0261. The SMILES string of the molecule is CCCCCC/C=C\C/C=C\CCCCCCCCCC(=O)OCC(COC(=O)CCCCCCCCCCCCCCCCCCCCCCCCC)OC(=O)CCCCCCCCCCCCCCCCCCCCCC. The molecule has 0 aromatic rings. The smallest absolute Gasteiger partial charge is 0.306 e. The largest absolute Gasteiger partial charge is 0.462 e. The number of rotatable bonds is 67. The maximum absolute atomic E-state index is 13.0. The van der Waals surface area contributed by atoms with E-state index in [1.807, 2.05) is 0 Å². The number of hydrogen-bond acceptors (Lipinski definition) is 6. The van der Waals surface area contributed by atoms with E-state index in [9.17, 15) is 14.4 Å². The number of allylic oxidation sites excluding steroid dienone is 4. The molecule has 79 heavy (non-hydrogen) atoms. The fourth-order valence-corrected chi connectivity index (χ4v) is 11.1. The monoisotopic (exact) mass is 1110 g/mol. The Hall–Kier alpha value is -2.11. The first-order valence-electron chi connectivity index (χ1n) is 35.8. The maximum Gasteiger partial charge on any atom is 0.306 e. The fourth-order valence-electron chi connectivity index (χ4n) is 11.1. The van der Waals surface area contributed by atoms with Gasteiger partial charge >= 0.3 is 17.9 Å². The van der Waals surface area contributed by atoms with Gasteiger partial charge in [-0.3, -0.25) is 14.4 Å². The van der Waals surface area contributed by atoms with Gasteiger partial charge in [-0.15, -0.1) is 0 Å². The Kier molecular flexibility index (Phi) is 66.6. The summed E-state index contributed by atoms with van der Waals surface area (Å²) in [5.41, 5.74) is 0. The molecule has 0 saturated heterocycles. The highest BCUT2D eigenvalue weighted by atomic mass is 16.6. The van der Waals surface area contributed by atoms with Crippen molar-refractivity contribution in [3.63, 3.8) is 0 Å². The van der Waals surface area contributed by atoms with Crippen molar-refractivity contribution in [2.24, 2.45) is 0 Å². The Morgan fingerprint density at radius 3 is 0.709 bits per heavy atom. The van der Waals surface area contributed by atoms with Crippen LogP contribution in [0.5, 0.6) is 0 Å². The van der Waals surface area contributed by atoms with Crippen molar-refractivity contribution in [1.82, 2.24) is 0 Å². The summed E-state index contributed by atoms with van der Waals surface area (Å²) in [4.78, 5) is 38.5. The number of carbonyl (C=O) groups is 3. The van der Waals surface area contributed by atoms with Gasteiger partial charge in [0.1, 0.15) is 13.2 Å². The van der Waals surface area contributed by atoms with Gasteiger partial charge in [0.2, 0.25) is 0 Å². The molecule has 0 aliphatic carbocycles. The van der Waals surface area contributed by atoms with Gasteiger partial charge in [-0.2, -0.15) is 0 Å². The van der Waals surface area contributed by atoms with Gasteiger partial charge in [-0.25, -0.2) is 0 Å². The fraction of sp³-hybridized carbons (Fsp3) is 0.904. The Morgan fingerprint density at radius 1 is 0.253 bits per heavy atom. The molecule has 0 radical (unpaired) electrons. The van der Waals surface area contributed by atoms with E-state index < -0.39 is 6.10 Å².